The molecule has 1 saturated carbocycles. The molecule has 2 aromatic rings. The molecule has 0 radical (unpaired) electrons. The van der Waals surface area contributed by atoms with Crippen molar-refractivity contribution in [2.45, 2.75) is 36.5 Å². The Kier molecular flexibility index (Phi) is 4.09. The number of carbonyl (C=O) groups is 1. The van der Waals surface area contributed by atoms with Gasteiger partial charge in [0, 0.05) is 30.6 Å². The molecule has 1 aliphatic heterocycles. The average molecular weight is 360 g/mol. The van der Waals surface area contributed by atoms with Gasteiger partial charge in [0.05, 0.1) is 10.6 Å². The number of carbonyl (C=O) groups excluding carboxylic acids is 1. The zero-order valence-electron chi connectivity index (χ0n) is 13.7. The third-order valence-electron chi connectivity index (χ3n) is 4.64. The van der Waals surface area contributed by atoms with Crippen LogP contribution in [0.3, 0.4) is 0 Å². The predicted molar refractivity (Wildman–Crippen MR) is 93.0 cm³/mol. The third kappa shape index (κ3) is 3.32. The first-order chi connectivity index (χ1) is 12.0. The maximum Gasteiger partial charge on any atom is 0.256 e. The van der Waals surface area contributed by atoms with Gasteiger partial charge in [-0.3, -0.25) is 9.89 Å². The maximum absolute atomic E-state index is 12.6. The third-order valence-corrected chi connectivity index (χ3v) is 6.54. The van der Waals surface area contributed by atoms with Gasteiger partial charge >= 0.3 is 0 Å². The second kappa shape index (κ2) is 6.27. The van der Waals surface area contributed by atoms with Crippen molar-refractivity contribution in [3.8, 4) is 0 Å². The van der Waals surface area contributed by atoms with Gasteiger partial charge in [-0.25, -0.2) is 8.42 Å². The number of aromatic amines is 1. The van der Waals surface area contributed by atoms with Gasteiger partial charge in [-0.15, -0.1) is 0 Å². The van der Waals surface area contributed by atoms with E-state index in [0.717, 1.165) is 31.4 Å². The summed E-state index contributed by atoms with van der Waals surface area (Å²) in [4.78, 5) is 12.6. The lowest BCUT2D eigenvalue weighted by Crippen LogP contribution is -2.28. The Bertz CT molecular complexity index is 896. The number of anilines is 1. The minimum Gasteiger partial charge on any atom is -0.307 e. The lowest BCUT2D eigenvalue weighted by molar-refractivity contribution is 0.102. The number of hydrogen-bond acceptors (Lipinski definition) is 4. The van der Waals surface area contributed by atoms with Crippen LogP contribution in [0.4, 0.5) is 5.82 Å². The fraction of sp³-hybridized carbons (Fsp3) is 0.412. The van der Waals surface area contributed by atoms with E-state index < -0.39 is 10.0 Å². The molecular weight excluding hydrogens is 340 g/mol. The normalized spacial score (nSPS) is 18.4. The summed E-state index contributed by atoms with van der Waals surface area (Å²) in [5.41, 5.74) is 1.27. The van der Waals surface area contributed by atoms with E-state index in [1.165, 1.54) is 16.4 Å². The Labute approximate surface area is 146 Å². The van der Waals surface area contributed by atoms with Crippen LogP contribution < -0.4 is 5.32 Å². The molecule has 8 heteroatoms. The first-order valence-corrected chi connectivity index (χ1v) is 9.95. The van der Waals surface area contributed by atoms with Crippen LogP contribution in [0.2, 0.25) is 0 Å². The van der Waals surface area contributed by atoms with Gasteiger partial charge in [0.2, 0.25) is 10.0 Å². The van der Waals surface area contributed by atoms with E-state index in [0.29, 0.717) is 30.4 Å². The molecular formula is C17H20N4O3S. The van der Waals surface area contributed by atoms with Gasteiger partial charge < -0.3 is 5.32 Å². The molecule has 1 aromatic carbocycles. The summed E-state index contributed by atoms with van der Waals surface area (Å²) in [6, 6.07) is 8.00. The minimum absolute atomic E-state index is 0.158. The van der Waals surface area contributed by atoms with Crippen LogP contribution in [0, 0.1) is 0 Å². The van der Waals surface area contributed by atoms with Crippen LogP contribution >= 0.6 is 0 Å². The monoisotopic (exact) mass is 360 g/mol. The lowest BCUT2D eigenvalue weighted by Gasteiger charge is -2.15. The number of hydrogen-bond donors (Lipinski definition) is 2. The Balaban J connectivity index is 1.52. The Hall–Kier alpha value is -2.19. The lowest BCUT2D eigenvalue weighted by atomic mass is 10.2. The molecule has 1 aromatic heterocycles. The summed E-state index contributed by atoms with van der Waals surface area (Å²) >= 11 is 0. The number of sulfonamides is 1. The zero-order valence-corrected chi connectivity index (χ0v) is 14.6. The standard InChI is InChI=1S/C17H20N4O3S/c22-17(18-16-11-15(19-20-16)12-6-7-12)13-4-3-5-14(10-13)25(23,24)21-8-1-2-9-21/h3-5,10-12H,1-2,6-9H2,(H2,18,19,20,22). The highest BCUT2D eigenvalue weighted by Crippen LogP contribution is 2.39. The van der Waals surface area contributed by atoms with Crippen LogP contribution in [0.25, 0.3) is 0 Å². The molecule has 0 unspecified atom stereocenters. The number of benzene rings is 1. The largest absolute Gasteiger partial charge is 0.307 e. The molecule has 7 nitrogen and oxygen atoms in total. The Morgan fingerprint density at radius 2 is 1.96 bits per heavy atom. The molecule has 0 spiro atoms. The fourth-order valence-electron chi connectivity index (χ4n) is 3.06. The van der Waals surface area contributed by atoms with Gasteiger partial charge in [-0.2, -0.15) is 9.40 Å². The van der Waals surface area contributed by atoms with Crippen molar-refractivity contribution >= 4 is 21.7 Å². The molecule has 1 saturated heterocycles. The Morgan fingerprint density at radius 3 is 2.68 bits per heavy atom. The summed E-state index contributed by atoms with van der Waals surface area (Å²) in [5, 5.41) is 9.74. The molecule has 2 aliphatic rings. The van der Waals surface area contributed by atoms with Crippen molar-refractivity contribution in [2.75, 3.05) is 18.4 Å². The molecule has 2 N–H and O–H groups in total. The van der Waals surface area contributed by atoms with Crippen molar-refractivity contribution in [2.24, 2.45) is 0 Å². The van der Waals surface area contributed by atoms with Crippen LogP contribution in [-0.4, -0.2) is 41.9 Å². The highest BCUT2D eigenvalue weighted by Gasteiger charge is 2.28. The van der Waals surface area contributed by atoms with Crippen LogP contribution in [0.1, 0.15) is 47.7 Å². The number of nitrogens with zero attached hydrogens (tertiary/aromatic N) is 2. The van der Waals surface area contributed by atoms with Gasteiger partial charge in [-0.05, 0) is 43.9 Å². The first-order valence-electron chi connectivity index (χ1n) is 8.51. The van der Waals surface area contributed by atoms with E-state index >= 15 is 0 Å². The molecule has 1 aliphatic carbocycles. The number of nitrogens with one attached hydrogen (secondary N) is 2. The quantitative estimate of drug-likeness (QED) is 0.855. The number of aromatic nitrogens is 2. The second-order valence-corrected chi connectivity index (χ2v) is 8.51. The summed E-state index contributed by atoms with van der Waals surface area (Å²) in [7, 11) is -3.53. The highest BCUT2D eigenvalue weighted by atomic mass is 32.2. The smallest absolute Gasteiger partial charge is 0.256 e. The predicted octanol–water partition coefficient (Wildman–Crippen LogP) is 2.32. The van der Waals surface area contributed by atoms with E-state index in [9.17, 15) is 13.2 Å². The molecule has 1 amide bonds. The molecule has 132 valence electrons. The number of amides is 1. The molecule has 0 atom stereocenters. The van der Waals surface area contributed by atoms with Crippen LogP contribution in [-0.2, 0) is 10.0 Å². The van der Waals surface area contributed by atoms with E-state index in [4.69, 9.17) is 0 Å². The van der Waals surface area contributed by atoms with E-state index in [1.54, 1.807) is 12.1 Å². The second-order valence-electron chi connectivity index (χ2n) is 6.57. The summed E-state index contributed by atoms with van der Waals surface area (Å²) in [6.07, 6.45) is 4.02. The van der Waals surface area contributed by atoms with E-state index in [2.05, 4.69) is 15.5 Å². The number of rotatable bonds is 5. The van der Waals surface area contributed by atoms with Crippen molar-refractivity contribution in [1.82, 2.24) is 14.5 Å². The highest BCUT2D eigenvalue weighted by molar-refractivity contribution is 7.89. The zero-order chi connectivity index (χ0) is 17.4. The summed E-state index contributed by atoms with van der Waals surface area (Å²) in [6.45, 7) is 1.08. The Morgan fingerprint density at radius 1 is 1.20 bits per heavy atom. The molecule has 4 rings (SSSR count). The van der Waals surface area contributed by atoms with E-state index in [-0.39, 0.29) is 10.8 Å². The summed E-state index contributed by atoms with van der Waals surface area (Å²) in [5.74, 6) is 0.667. The topological polar surface area (TPSA) is 95.2 Å². The average Bonchev–Trinajstić information content (AvgIpc) is 3.11. The van der Waals surface area contributed by atoms with Gasteiger partial charge in [0.1, 0.15) is 5.82 Å². The molecule has 2 heterocycles. The van der Waals surface area contributed by atoms with Gasteiger partial charge in [0.25, 0.3) is 5.91 Å². The van der Waals surface area contributed by atoms with Crippen molar-refractivity contribution in [1.29, 1.82) is 0 Å². The molecule has 0 bridgehead atoms. The van der Waals surface area contributed by atoms with Crippen molar-refractivity contribution in [3.63, 3.8) is 0 Å². The van der Waals surface area contributed by atoms with E-state index in [1.807, 2.05) is 6.07 Å². The van der Waals surface area contributed by atoms with Crippen molar-refractivity contribution in [3.05, 3.63) is 41.6 Å². The van der Waals surface area contributed by atoms with Crippen LogP contribution in [0.5, 0.6) is 0 Å². The SMILES string of the molecule is O=C(Nc1cc(C2CC2)n[nH]1)c1cccc(S(=O)(=O)N2CCCC2)c1. The maximum atomic E-state index is 12.6. The van der Waals surface area contributed by atoms with Gasteiger partial charge in [0.15, 0.2) is 0 Å². The van der Waals surface area contributed by atoms with Crippen LogP contribution in [0.15, 0.2) is 35.2 Å². The van der Waals surface area contributed by atoms with Gasteiger partial charge in [-0.1, -0.05) is 6.07 Å². The molecule has 25 heavy (non-hydrogen) atoms. The molecule has 2 fully saturated rings. The first kappa shape index (κ1) is 16.3. The fourth-order valence-corrected chi connectivity index (χ4v) is 4.62. The minimum atomic E-state index is -3.53. The van der Waals surface area contributed by atoms with Crippen molar-refractivity contribution < 1.29 is 13.2 Å². The summed E-state index contributed by atoms with van der Waals surface area (Å²) < 4.78 is 26.7. The number of H-pyrrole nitrogens is 1.